The largest absolute Gasteiger partial charge is 0.465 e. The van der Waals surface area contributed by atoms with E-state index >= 15 is 0 Å². The molecule has 0 spiro atoms. The molecule has 5 nitrogen and oxygen atoms in total. The molecule has 1 aliphatic heterocycles. The van der Waals surface area contributed by atoms with Crippen molar-refractivity contribution in [2.75, 3.05) is 19.1 Å². The molecule has 6 heteroatoms. The summed E-state index contributed by atoms with van der Waals surface area (Å²) in [6.45, 7) is 1.86. The molecule has 0 saturated heterocycles. The second-order valence-corrected chi connectivity index (χ2v) is 5.16. The molecule has 1 aromatic rings. The maximum absolute atomic E-state index is 12.3. The van der Waals surface area contributed by atoms with Gasteiger partial charge in [0.2, 0.25) is 0 Å². The number of halogens is 1. The van der Waals surface area contributed by atoms with Gasteiger partial charge in [0.05, 0.1) is 19.8 Å². The summed E-state index contributed by atoms with van der Waals surface area (Å²) in [4.78, 5) is 25.9. The van der Waals surface area contributed by atoms with Crippen LogP contribution in [0.15, 0.2) is 53.9 Å². The second-order valence-electron chi connectivity index (χ2n) is 4.75. The van der Waals surface area contributed by atoms with Gasteiger partial charge in [-0.15, -0.1) is 0 Å². The number of hydrogen-bond acceptors (Lipinski definition) is 5. The van der Waals surface area contributed by atoms with Gasteiger partial charge >= 0.3 is 11.9 Å². The predicted molar refractivity (Wildman–Crippen MR) is 88.0 cm³/mol. The molecule has 1 aliphatic rings. The van der Waals surface area contributed by atoms with Crippen LogP contribution in [0, 0.1) is 6.92 Å². The summed E-state index contributed by atoms with van der Waals surface area (Å²) < 4.78 is 9.60. The van der Waals surface area contributed by atoms with Crippen molar-refractivity contribution in [3.8, 4) is 0 Å². The molecule has 23 heavy (non-hydrogen) atoms. The van der Waals surface area contributed by atoms with Crippen molar-refractivity contribution < 1.29 is 19.1 Å². The Morgan fingerprint density at radius 1 is 1.09 bits per heavy atom. The maximum atomic E-state index is 12.3. The molecule has 0 radical (unpaired) electrons. The van der Waals surface area contributed by atoms with Gasteiger partial charge in [-0.25, -0.2) is 9.59 Å². The van der Waals surface area contributed by atoms with Crippen molar-refractivity contribution in [1.82, 2.24) is 0 Å². The molecule has 0 aliphatic carbocycles. The molecule has 0 N–H and O–H groups in total. The van der Waals surface area contributed by atoms with Crippen LogP contribution in [0.1, 0.15) is 5.56 Å². The van der Waals surface area contributed by atoms with Gasteiger partial charge in [0, 0.05) is 16.9 Å². The molecule has 0 atom stereocenters. The highest BCUT2D eigenvalue weighted by molar-refractivity contribution is 6.31. The van der Waals surface area contributed by atoms with E-state index < -0.39 is 11.9 Å². The molecule has 2 rings (SSSR count). The zero-order chi connectivity index (χ0) is 17.0. The first-order chi connectivity index (χ1) is 11.0. The number of benzene rings is 1. The van der Waals surface area contributed by atoms with Crippen LogP contribution in [0.25, 0.3) is 0 Å². The van der Waals surface area contributed by atoms with Crippen molar-refractivity contribution in [3.05, 3.63) is 64.5 Å². The normalized spacial score (nSPS) is 13.8. The Hall–Kier alpha value is -2.53. The summed E-state index contributed by atoms with van der Waals surface area (Å²) in [5.41, 5.74) is 1.70. The zero-order valence-corrected chi connectivity index (χ0v) is 13.8. The molecule has 0 saturated carbocycles. The lowest BCUT2D eigenvalue weighted by molar-refractivity contribution is -0.139. The van der Waals surface area contributed by atoms with E-state index in [0.717, 1.165) is 5.56 Å². The van der Waals surface area contributed by atoms with E-state index in [1.54, 1.807) is 35.4 Å². The quantitative estimate of drug-likeness (QED) is 0.795. The number of ether oxygens (including phenoxy) is 2. The number of carbonyl (C=O) groups excluding carboxylic acids is 2. The van der Waals surface area contributed by atoms with E-state index in [-0.39, 0.29) is 11.3 Å². The van der Waals surface area contributed by atoms with Gasteiger partial charge in [-0.1, -0.05) is 17.7 Å². The molecule has 1 heterocycles. The van der Waals surface area contributed by atoms with Crippen molar-refractivity contribution in [2.24, 2.45) is 0 Å². The van der Waals surface area contributed by atoms with Gasteiger partial charge in [-0.2, -0.15) is 0 Å². The summed E-state index contributed by atoms with van der Waals surface area (Å²) in [5, 5.41) is 0.613. The average molecular weight is 334 g/mol. The summed E-state index contributed by atoms with van der Waals surface area (Å²) in [6.07, 6.45) is 6.54. The number of allylic oxidation sites excluding steroid dienone is 2. The van der Waals surface area contributed by atoms with Crippen molar-refractivity contribution in [1.29, 1.82) is 0 Å². The van der Waals surface area contributed by atoms with Crippen LogP contribution in [0.5, 0.6) is 0 Å². The minimum Gasteiger partial charge on any atom is -0.465 e. The molecular formula is C17H16ClNO4. The molecule has 0 fully saturated rings. The lowest BCUT2D eigenvalue weighted by Gasteiger charge is -2.23. The van der Waals surface area contributed by atoms with Gasteiger partial charge < -0.3 is 14.4 Å². The minimum absolute atomic E-state index is 0.0751. The van der Waals surface area contributed by atoms with Crippen molar-refractivity contribution in [3.63, 3.8) is 0 Å². The predicted octanol–water partition coefficient (Wildman–Crippen LogP) is 3.14. The Kier molecular flexibility index (Phi) is 5.24. The van der Waals surface area contributed by atoms with Gasteiger partial charge in [-0.3, -0.25) is 0 Å². The van der Waals surface area contributed by atoms with Crippen molar-refractivity contribution in [2.45, 2.75) is 6.92 Å². The van der Waals surface area contributed by atoms with Crippen LogP contribution in [-0.2, 0) is 19.1 Å². The number of hydrogen-bond donors (Lipinski definition) is 0. The average Bonchev–Trinajstić information content (AvgIpc) is 2.78. The van der Waals surface area contributed by atoms with E-state index in [1.165, 1.54) is 20.3 Å². The standard InChI is InChI=1S/C17H16ClNO4/c1-11-10-12(7-8-14(11)18)19-9-5-4-6-13(16(20)22-2)15(19)17(21)23-3/h4-10H,1-3H3. The second kappa shape index (κ2) is 7.15. The van der Waals surface area contributed by atoms with Crippen LogP contribution in [0.4, 0.5) is 5.69 Å². The number of rotatable bonds is 3. The maximum Gasteiger partial charge on any atom is 0.355 e. The number of carbonyl (C=O) groups is 2. The van der Waals surface area contributed by atoms with E-state index in [9.17, 15) is 9.59 Å². The first kappa shape index (κ1) is 16.8. The Morgan fingerprint density at radius 2 is 1.78 bits per heavy atom. The van der Waals surface area contributed by atoms with Gasteiger partial charge in [-0.05, 0) is 42.8 Å². The van der Waals surface area contributed by atoms with Crippen LogP contribution in [0.2, 0.25) is 5.02 Å². The molecule has 0 amide bonds. The summed E-state index contributed by atoms with van der Waals surface area (Å²) in [6, 6.07) is 5.30. The first-order valence-corrected chi connectivity index (χ1v) is 7.18. The van der Waals surface area contributed by atoms with E-state index in [4.69, 9.17) is 21.1 Å². The SMILES string of the molecule is COC(=O)C1=C(C(=O)OC)N(c2ccc(Cl)c(C)c2)C=CC=C1. The van der Waals surface area contributed by atoms with Crippen LogP contribution in [-0.4, -0.2) is 26.2 Å². The summed E-state index contributed by atoms with van der Waals surface area (Å²) in [7, 11) is 2.51. The third-order valence-corrected chi connectivity index (χ3v) is 3.73. The van der Waals surface area contributed by atoms with Gasteiger partial charge in [0.25, 0.3) is 0 Å². The highest BCUT2D eigenvalue weighted by atomic mass is 35.5. The number of esters is 2. The number of anilines is 1. The Morgan fingerprint density at radius 3 is 2.39 bits per heavy atom. The lowest BCUT2D eigenvalue weighted by Crippen LogP contribution is -2.27. The smallest absolute Gasteiger partial charge is 0.355 e. The van der Waals surface area contributed by atoms with E-state index in [1.807, 2.05) is 13.0 Å². The fourth-order valence-corrected chi connectivity index (χ4v) is 2.26. The molecule has 120 valence electrons. The van der Waals surface area contributed by atoms with Crippen LogP contribution in [0.3, 0.4) is 0 Å². The molecule has 0 aromatic heterocycles. The Labute approximate surface area is 139 Å². The number of aryl methyl sites for hydroxylation is 1. The van der Waals surface area contributed by atoms with Gasteiger partial charge in [0.1, 0.15) is 5.70 Å². The third-order valence-electron chi connectivity index (χ3n) is 3.31. The van der Waals surface area contributed by atoms with E-state index in [2.05, 4.69) is 0 Å². The fourth-order valence-electron chi connectivity index (χ4n) is 2.14. The highest BCUT2D eigenvalue weighted by Gasteiger charge is 2.27. The third kappa shape index (κ3) is 3.46. The lowest BCUT2D eigenvalue weighted by atomic mass is 10.1. The highest BCUT2D eigenvalue weighted by Crippen LogP contribution is 2.29. The molecule has 1 aromatic carbocycles. The number of nitrogens with zero attached hydrogens (tertiary/aromatic N) is 1. The summed E-state index contributed by atoms with van der Waals surface area (Å²) >= 11 is 6.05. The van der Waals surface area contributed by atoms with Crippen LogP contribution >= 0.6 is 11.6 Å². The first-order valence-electron chi connectivity index (χ1n) is 6.80. The zero-order valence-electron chi connectivity index (χ0n) is 13.0. The van der Waals surface area contributed by atoms with E-state index in [0.29, 0.717) is 10.7 Å². The molecular weight excluding hydrogens is 318 g/mol. The monoisotopic (exact) mass is 333 g/mol. The van der Waals surface area contributed by atoms with Crippen LogP contribution < -0.4 is 4.90 Å². The van der Waals surface area contributed by atoms with Crippen molar-refractivity contribution >= 4 is 29.2 Å². The molecule has 0 bridgehead atoms. The fraction of sp³-hybridized carbons (Fsp3) is 0.176. The molecule has 0 unspecified atom stereocenters. The minimum atomic E-state index is -0.644. The van der Waals surface area contributed by atoms with Gasteiger partial charge in [0.15, 0.2) is 0 Å². The summed E-state index contributed by atoms with van der Waals surface area (Å²) in [5.74, 6) is -1.27. The Balaban J connectivity index is 2.65. The Bertz CT molecular complexity index is 734. The number of methoxy groups -OCH3 is 2. The topological polar surface area (TPSA) is 55.8 Å².